The molecule has 3 nitrogen and oxygen atoms in total. The highest BCUT2D eigenvalue weighted by Gasteiger charge is 2.21. The van der Waals surface area contributed by atoms with Gasteiger partial charge in [0.25, 0.3) is 0 Å². The van der Waals surface area contributed by atoms with Crippen molar-refractivity contribution in [3.8, 4) is 17.9 Å². The average molecular weight is 437 g/mol. The number of hydrogen-bond acceptors (Lipinski definition) is 3. The number of rotatable bonds is 15. The van der Waals surface area contributed by atoms with Gasteiger partial charge >= 0.3 is 0 Å². The number of unbranched alkanes of at least 4 members (excludes halogenated alkanes) is 6. The molecule has 3 heteroatoms. The molecule has 0 unspecified atom stereocenters. The first kappa shape index (κ1) is 26.3. The van der Waals surface area contributed by atoms with E-state index in [4.69, 9.17) is 4.74 Å². The zero-order valence-corrected chi connectivity index (χ0v) is 20.6. The van der Waals surface area contributed by atoms with Gasteiger partial charge in [0.1, 0.15) is 23.5 Å². The first-order chi connectivity index (χ1) is 15.7. The summed E-state index contributed by atoms with van der Waals surface area (Å²) in [6, 6.07) is 8.35. The predicted molar refractivity (Wildman–Crippen MR) is 133 cm³/mol. The smallest absolute Gasteiger partial charge is 0.138 e. The Morgan fingerprint density at radius 2 is 1.34 bits per heavy atom. The number of nitriles is 2. The number of benzene rings is 1. The molecule has 1 aliphatic carbocycles. The molecule has 1 saturated carbocycles. The Kier molecular flexibility index (Phi) is 12.9. The second kappa shape index (κ2) is 15.7. The van der Waals surface area contributed by atoms with Crippen LogP contribution in [0.3, 0.4) is 0 Å². The molecule has 1 fully saturated rings. The van der Waals surface area contributed by atoms with Gasteiger partial charge in [-0.15, -0.1) is 0 Å². The monoisotopic (exact) mass is 436 g/mol. The third kappa shape index (κ3) is 8.86. The Bertz CT molecular complexity index is 735. The van der Waals surface area contributed by atoms with Gasteiger partial charge in [-0.2, -0.15) is 10.5 Å². The molecule has 0 aliphatic heterocycles. The van der Waals surface area contributed by atoms with Crippen LogP contribution in [0.4, 0.5) is 0 Å². The minimum absolute atomic E-state index is 0.418. The molecule has 0 amide bonds. The highest BCUT2D eigenvalue weighted by Crippen LogP contribution is 2.34. The third-order valence-electron chi connectivity index (χ3n) is 7.22. The summed E-state index contributed by atoms with van der Waals surface area (Å²) in [5.41, 5.74) is 1.90. The Hall–Kier alpha value is -2.00. The molecule has 0 bridgehead atoms. The van der Waals surface area contributed by atoms with Crippen LogP contribution in [0.25, 0.3) is 0 Å². The van der Waals surface area contributed by atoms with Crippen LogP contribution >= 0.6 is 0 Å². The summed E-state index contributed by atoms with van der Waals surface area (Å²) >= 11 is 0. The van der Waals surface area contributed by atoms with Gasteiger partial charge in [0.2, 0.25) is 0 Å². The highest BCUT2D eigenvalue weighted by atomic mass is 16.5. The topological polar surface area (TPSA) is 56.8 Å². The molecule has 1 aromatic carbocycles. The van der Waals surface area contributed by atoms with Crippen LogP contribution in [0, 0.1) is 34.5 Å². The summed E-state index contributed by atoms with van der Waals surface area (Å²) in [4.78, 5) is 0. The van der Waals surface area contributed by atoms with E-state index >= 15 is 0 Å². The van der Waals surface area contributed by atoms with Crippen molar-refractivity contribution in [3.05, 3.63) is 28.8 Å². The Morgan fingerprint density at radius 1 is 0.750 bits per heavy atom. The van der Waals surface area contributed by atoms with Crippen molar-refractivity contribution in [3.63, 3.8) is 0 Å². The second-order valence-electron chi connectivity index (χ2n) is 9.73. The lowest BCUT2D eigenvalue weighted by molar-refractivity contribution is 0.228. The van der Waals surface area contributed by atoms with E-state index < -0.39 is 0 Å². The Balaban J connectivity index is 1.71. The van der Waals surface area contributed by atoms with Gasteiger partial charge in [-0.3, -0.25) is 0 Å². The molecule has 0 spiro atoms. The lowest BCUT2D eigenvalue weighted by atomic mass is 9.78. The number of ether oxygens (including phenoxy) is 1. The van der Waals surface area contributed by atoms with E-state index in [1.165, 1.54) is 70.6 Å². The summed E-state index contributed by atoms with van der Waals surface area (Å²) in [7, 11) is 0. The average Bonchev–Trinajstić information content (AvgIpc) is 2.82. The molecule has 0 N–H and O–H groups in total. The van der Waals surface area contributed by atoms with Crippen molar-refractivity contribution >= 4 is 0 Å². The molecule has 32 heavy (non-hydrogen) atoms. The lowest BCUT2D eigenvalue weighted by Crippen LogP contribution is -2.15. The van der Waals surface area contributed by atoms with E-state index in [0.29, 0.717) is 23.5 Å². The second-order valence-corrected chi connectivity index (χ2v) is 9.73. The first-order valence-corrected chi connectivity index (χ1v) is 13.3. The summed E-state index contributed by atoms with van der Waals surface area (Å²) in [5, 5.41) is 19.2. The standard InChI is InChI=1S/C29H44N2O/c1-3-5-7-8-10-12-24-15-17-25(18-16-24)13-11-21-32-29-20-19-26(14-9-6-4-2)27(22-30)28(29)23-31/h19-20,24-25H,3-18,21H2,1-2H3. The number of nitrogens with zero attached hydrogens (tertiary/aromatic N) is 2. The van der Waals surface area contributed by atoms with E-state index in [1.807, 2.05) is 12.1 Å². The third-order valence-corrected chi connectivity index (χ3v) is 7.22. The quantitative estimate of drug-likeness (QED) is 0.259. The zero-order chi connectivity index (χ0) is 23.0. The largest absolute Gasteiger partial charge is 0.492 e. The normalized spacial score (nSPS) is 18.1. The van der Waals surface area contributed by atoms with Crippen LogP contribution in [-0.2, 0) is 6.42 Å². The lowest BCUT2D eigenvalue weighted by Gasteiger charge is -2.28. The van der Waals surface area contributed by atoms with Crippen LogP contribution in [0.2, 0.25) is 0 Å². The van der Waals surface area contributed by atoms with Crippen molar-refractivity contribution in [2.24, 2.45) is 11.8 Å². The SMILES string of the molecule is CCCCCCCC1CCC(CCCOc2ccc(CCCCC)c(C#N)c2C#N)CC1. The van der Waals surface area contributed by atoms with E-state index in [0.717, 1.165) is 49.5 Å². The van der Waals surface area contributed by atoms with Crippen LogP contribution < -0.4 is 4.74 Å². The minimum Gasteiger partial charge on any atom is -0.492 e. The molecule has 0 atom stereocenters. The highest BCUT2D eigenvalue weighted by molar-refractivity contribution is 5.57. The van der Waals surface area contributed by atoms with Gasteiger partial charge in [0.05, 0.1) is 12.2 Å². The molecule has 0 radical (unpaired) electrons. The molecule has 1 aromatic rings. The maximum Gasteiger partial charge on any atom is 0.138 e. The van der Waals surface area contributed by atoms with E-state index in [1.54, 1.807) is 0 Å². The molecular formula is C29H44N2O. The maximum atomic E-state index is 9.63. The van der Waals surface area contributed by atoms with Gasteiger partial charge in [-0.05, 0) is 49.1 Å². The fourth-order valence-corrected chi connectivity index (χ4v) is 5.16. The summed E-state index contributed by atoms with van der Waals surface area (Å²) in [6.07, 6.45) is 20.4. The summed E-state index contributed by atoms with van der Waals surface area (Å²) in [5.74, 6) is 2.37. The van der Waals surface area contributed by atoms with Gasteiger partial charge in [-0.1, -0.05) is 97.0 Å². The molecule has 176 valence electrons. The van der Waals surface area contributed by atoms with Crippen LogP contribution in [0.5, 0.6) is 5.75 Å². The van der Waals surface area contributed by atoms with Crippen molar-refractivity contribution in [1.82, 2.24) is 0 Å². The molecule has 2 rings (SSSR count). The van der Waals surface area contributed by atoms with Gasteiger partial charge in [-0.25, -0.2) is 0 Å². The predicted octanol–water partition coefficient (Wildman–Crippen LogP) is 8.49. The van der Waals surface area contributed by atoms with E-state index in [9.17, 15) is 10.5 Å². The van der Waals surface area contributed by atoms with Crippen molar-refractivity contribution in [2.45, 2.75) is 117 Å². The van der Waals surface area contributed by atoms with Crippen LogP contribution in [-0.4, -0.2) is 6.61 Å². The molecule has 0 aromatic heterocycles. The van der Waals surface area contributed by atoms with Crippen LogP contribution in [0.1, 0.15) is 127 Å². The first-order valence-electron chi connectivity index (χ1n) is 13.3. The molecular weight excluding hydrogens is 392 g/mol. The van der Waals surface area contributed by atoms with Crippen molar-refractivity contribution in [1.29, 1.82) is 10.5 Å². The summed E-state index contributed by atoms with van der Waals surface area (Å²) in [6.45, 7) is 5.08. The zero-order valence-electron chi connectivity index (χ0n) is 20.6. The molecule has 0 saturated heterocycles. The van der Waals surface area contributed by atoms with Gasteiger partial charge < -0.3 is 4.74 Å². The Morgan fingerprint density at radius 3 is 1.97 bits per heavy atom. The van der Waals surface area contributed by atoms with Gasteiger partial charge in [0.15, 0.2) is 0 Å². The Labute approximate surface area is 197 Å². The van der Waals surface area contributed by atoms with Crippen LogP contribution in [0.15, 0.2) is 12.1 Å². The summed E-state index contributed by atoms with van der Waals surface area (Å²) < 4.78 is 5.98. The fraction of sp³-hybridized carbons (Fsp3) is 0.724. The molecule has 1 aliphatic rings. The number of aryl methyl sites for hydroxylation is 1. The maximum absolute atomic E-state index is 9.63. The van der Waals surface area contributed by atoms with E-state index in [2.05, 4.69) is 26.0 Å². The van der Waals surface area contributed by atoms with Gasteiger partial charge in [0, 0.05) is 0 Å². The minimum atomic E-state index is 0.418. The van der Waals surface area contributed by atoms with E-state index in [-0.39, 0.29) is 0 Å². The van der Waals surface area contributed by atoms with Crippen molar-refractivity contribution < 1.29 is 4.74 Å². The fourth-order valence-electron chi connectivity index (χ4n) is 5.16. The van der Waals surface area contributed by atoms with Crippen molar-refractivity contribution in [2.75, 3.05) is 6.61 Å². The number of hydrogen-bond donors (Lipinski definition) is 0. The molecule has 0 heterocycles.